The Labute approximate surface area is 128 Å². The van der Waals surface area contributed by atoms with Crippen LogP contribution >= 0.6 is 0 Å². The normalized spacial score (nSPS) is 26.4. The van der Waals surface area contributed by atoms with E-state index in [9.17, 15) is 5.11 Å². The molecule has 2 atom stereocenters. The fourth-order valence-electron chi connectivity index (χ4n) is 3.34. The molecule has 1 aliphatic heterocycles. The number of aliphatic hydroxyl groups is 1. The Morgan fingerprint density at radius 2 is 2.19 bits per heavy atom. The zero-order chi connectivity index (χ0) is 15.3. The van der Waals surface area contributed by atoms with Crippen LogP contribution in [-0.2, 0) is 11.2 Å². The summed E-state index contributed by atoms with van der Waals surface area (Å²) >= 11 is 0. The summed E-state index contributed by atoms with van der Waals surface area (Å²) in [6.07, 6.45) is 8.67. The van der Waals surface area contributed by atoms with Gasteiger partial charge in [0, 0.05) is 25.6 Å². The minimum atomic E-state index is -0.648. The van der Waals surface area contributed by atoms with E-state index in [1.54, 1.807) is 0 Å². The zero-order valence-corrected chi connectivity index (χ0v) is 13.7. The highest BCUT2D eigenvalue weighted by molar-refractivity contribution is 5.06. The number of nitrogens with zero attached hydrogens (tertiary/aromatic N) is 2. The quantitative estimate of drug-likeness (QED) is 0.837. The Hall–Kier alpha value is -0.870. The molecule has 0 aromatic carbocycles. The molecule has 2 heterocycles. The molecule has 21 heavy (non-hydrogen) atoms. The molecule has 1 N–H and O–H groups in total. The Bertz CT molecular complexity index is 426. The molecule has 1 aliphatic rings. The Balaban J connectivity index is 2.00. The average molecular weight is 294 g/mol. The number of hydrogen-bond acceptors (Lipinski definition) is 3. The van der Waals surface area contributed by atoms with E-state index in [0.29, 0.717) is 25.5 Å². The van der Waals surface area contributed by atoms with Gasteiger partial charge in [-0.25, -0.2) is 0 Å². The molecule has 0 amide bonds. The molecule has 2 unspecified atom stereocenters. The van der Waals surface area contributed by atoms with Crippen molar-refractivity contribution in [1.82, 2.24) is 9.78 Å². The first kappa shape index (κ1) is 16.5. The third kappa shape index (κ3) is 4.30. The summed E-state index contributed by atoms with van der Waals surface area (Å²) in [5, 5.41) is 15.5. The first-order chi connectivity index (χ1) is 10.1. The summed E-state index contributed by atoms with van der Waals surface area (Å²) in [5.41, 5.74) is 0.354. The number of hydrogen-bond donors (Lipinski definition) is 1. The minimum absolute atomic E-state index is 0.204. The molecule has 0 aliphatic carbocycles. The van der Waals surface area contributed by atoms with Crippen LogP contribution in [0.5, 0.6) is 0 Å². The smallest absolute Gasteiger partial charge is 0.0750 e. The molecule has 0 saturated carbocycles. The third-order valence-corrected chi connectivity index (χ3v) is 4.63. The minimum Gasteiger partial charge on any atom is -0.389 e. The molecule has 1 aromatic rings. The second kappa shape index (κ2) is 7.41. The van der Waals surface area contributed by atoms with Gasteiger partial charge in [-0.2, -0.15) is 5.10 Å². The van der Waals surface area contributed by atoms with Crippen LogP contribution in [0.25, 0.3) is 0 Å². The van der Waals surface area contributed by atoms with Crippen molar-refractivity contribution in [3.05, 3.63) is 18.0 Å². The highest BCUT2D eigenvalue weighted by atomic mass is 16.5. The van der Waals surface area contributed by atoms with Gasteiger partial charge in [-0.05, 0) is 31.7 Å². The van der Waals surface area contributed by atoms with E-state index in [1.807, 2.05) is 0 Å². The lowest BCUT2D eigenvalue weighted by molar-refractivity contribution is -0.105. The van der Waals surface area contributed by atoms with Gasteiger partial charge >= 0.3 is 0 Å². The standard InChI is InChI=1S/C17H30N2O2/c1-4-7-16-13-17(20,9-11-21-16)12-14-8-10-19(18-14)15(5-2)6-3/h8,10,15-16,20H,4-7,9,11-13H2,1-3H3. The molecule has 1 saturated heterocycles. The van der Waals surface area contributed by atoms with Crippen LogP contribution in [0.1, 0.15) is 71.0 Å². The van der Waals surface area contributed by atoms with Crippen LogP contribution in [-0.4, -0.2) is 33.2 Å². The maximum atomic E-state index is 10.9. The highest BCUT2D eigenvalue weighted by Crippen LogP contribution is 2.30. The first-order valence-electron chi connectivity index (χ1n) is 8.48. The maximum absolute atomic E-state index is 10.9. The Kier molecular flexibility index (Phi) is 5.82. The van der Waals surface area contributed by atoms with Crippen molar-refractivity contribution in [1.29, 1.82) is 0 Å². The monoisotopic (exact) mass is 294 g/mol. The van der Waals surface area contributed by atoms with Gasteiger partial charge in [0.05, 0.1) is 23.4 Å². The van der Waals surface area contributed by atoms with E-state index in [0.717, 1.165) is 37.8 Å². The Morgan fingerprint density at radius 1 is 1.43 bits per heavy atom. The van der Waals surface area contributed by atoms with Crippen molar-refractivity contribution in [2.24, 2.45) is 0 Å². The van der Waals surface area contributed by atoms with Gasteiger partial charge in [-0.15, -0.1) is 0 Å². The molecule has 0 spiro atoms. The van der Waals surface area contributed by atoms with E-state index in [-0.39, 0.29) is 6.10 Å². The van der Waals surface area contributed by atoms with Crippen molar-refractivity contribution >= 4 is 0 Å². The van der Waals surface area contributed by atoms with E-state index >= 15 is 0 Å². The summed E-state index contributed by atoms with van der Waals surface area (Å²) in [5.74, 6) is 0. The summed E-state index contributed by atoms with van der Waals surface area (Å²) in [4.78, 5) is 0. The van der Waals surface area contributed by atoms with Gasteiger partial charge in [0.25, 0.3) is 0 Å². The summed E-state index contributed by atoms with van der Waals surface area (Å²) in [6.45, 7) is 7.20. The summed E-state index contributed by atoms with van der Waals surface area (Å²) in [6, 6.07) is 2.52. The van der Waals surface area contributed by atoms with Gasteiger partial charge < -0.3 is 9.84 Å². The van der Waals surface area contributed by atoms with Crippen LogP contribution < -0.4 is 0 Å². The van der Waals surface area contributed by atoms with Crippen molar-refractivity contribution in [3.8, 4) is 0 Å². The topological polar surface area (TPSA) is 47.3 Å². The average Bonchev–Trinajstić information content (AvgIpc) is 2.88. The molecule has 2 rings (SSSR count). The van der Waals surface area contributed by atoms with E-state index in [4.69, 9.17) is 4.74 Å². The number of aromatic nitrogens is 2. The number of rotatable bonds is 7. The van der Waals surface area contributed by atoms with Crippen LogP contribution in [0, 0.1) is 0 Å². The Morgan fingerprint density at radius 3 is 2.86 bits per heavy atom. The van der Waals surface area contributed by atoms with Crippen LogP contribution in [0.2, 0.25) is 0 Å². The van der Waals surface area contributed by atoms with E-state index in [2.05, 4.69) is 42.8 Å². The fraction of sp³-hybridized carbons (Fsp3) is 0.824. The van der Waals surface area contributed by atoms with Crippen molar-refractivity contribution < 1.29 is 9.84 Å². The van der Waals surface area contributed by atoms with E-state index in [1.165, 1.54) is 0 Å². The molecular weight excluding hydrogens is 264 g/mol. The largest absolute Gasteiger partial charge is 0.389 e. The predicted molar refractivity (Wildman–Crippen MR) is 84.4 cm³/mol. The SMILES string of the molecule is CCCC1CC(O)(Cc2ccn(C(CC)CC)n2)CCO1. The molecule has 1 aromatic heterocycles. The van der Waals surface area contributed by atoms with Crippen LogP contribution in [0.4, 0.5) is 0 Å². The molecule has 120 valence electrons. The lowest BCUT2D eigenvalue weighted by Crippen LogP contribution is -2.42. The third-order valence-electron chi connectivity index (χ3n) is 4.63. The predicted octanol–water partition coefficient (Wildman–Crippen LogP) is 3.50. The van der Waals surface area contributed by atoms with Gasteiger partial charge in [0.1, 0.15) is 0 Å². The first-order valence-corrected chi connectivity index (χ1v) is 8.48. The van der Waals surface area contributed by atoms with Gasteiger partial charge in [0.2, 0.25) is 0 Å². The highest BCUT2D eigenvalue weighted by Gasteiger charge is 2.35. The van der Waals surface area contributed by atoms with Crippen molar-refractivity contribution in [2.45, 2.75) is 83.5 Å². The van der Waals surface area contributed by atoms with Gasteiger partial charge in [-0.1, -0.05) is 27.2 Å². The molecule has 4 nitrogen and oxygen atoms in total. The van der Waals surface area contributed by atoms with Gasteiger partial charge in [-0.3, -0.25) is 4.68 Å². The van der Waals surface area contributed by atoms with Crippen molar-refractivity contribution in [2.75, 3.05) is 6.61 Å². The van der Waals surface area contributed by atoms with Crippen LogP contribution in [0.3, 0.4) is 0 Å². The lowest BCUT2D eigenvalue weighted by atomic mass is 9.85. The lowest BCUT2D eigenvalue weighted by Gasteiger charge is -2.36. The van der Waals surface area contributed by atoms with Crippen molar-refractivity contribution in [3.63, 3.8) is 0 Å². The maximum Gasteiger partial charge on any atom is 0.0750 e. The molecule has 1 fully saturated rings. The second-order valence-corrected chi connectivity index (χ2v) is 6.39. The second-order valence-electron chi connectivity index (χ2n) is 6.39. The summed E-state index contributed by atoms with van der Waals surface area (Å²) in [7, 11) is 0. The summed E-state index contributed by atoms with van der Waals surface area (Å²) < 4.78 is 7.80. The van der Waals surface area contributed by atoms with Gasteiger partial charge in [0.15, 0.2) is 0 Å². The number of ether oxygens (including phenoxy) is 1. The fourth-order valence-corrected chi connectivity index (χ4v) is 3.34. The van der Waals surface area contributed by atoms with E-state index < -0.39 is 5.60 Å². The zero-order valence-electron chi connectivity index (χ0n) is 13.7. The molecule has 0 bridgehead atoms. The molecule has 0 radical (unpaired) electrons. The van der Waals surface area contributed by atoms with Crippen LogP contribution in [0.15, 0.2) is 12.3 Å². The molecular formula is C17H30N2O2. The molecule has 4 heteroatoms.